The molecule has 20 heavy (non-hydrogen) atoms. The maximum Gasteiger partial charge on any atom is 0.430 e. The first-order chi connectivity index (χ1) is 9.24. The fraction of sp³-hybridized carbons (Fsp3) is 0.385. The highest BCUT2D eigenvalue weighted by molar-refractivity contribution is 5.55. The molecule has 0 bridgehead atoms. The van der Waals surface area contributed by atoms with E-state index in [0.29, 0.717) is 6.42 Å². The van der Waals surface area contributed by atoms with Crippen molar-refractivity contribution in [1.82, 2.24) is 5.32 Å². The quantitative estimate of drug-likeness (QED) is 0.660. The van der Waals surface area contributed by atoms with Crippen LogP contribution in [0.2, 0.25) is 0 Å². The highest BCUT2D eigenvalue weighted by Gasteiger charge is 2.34. The molecule has 1 aromatic carbocycles. The largest absolute Gasteiger partial charge is 0.430 e. The molecule has 0 aliphatic heterocycles. The minimum Gasteiger partial charge on any atom is -0.379 e. The van der Waals surface area contributed by atoms with Crippen molar-refractivity contribution in [1.29, 1.82) is 0 Å². The number of benzene rings is 1. The minimum absolute atomic E-state index is 0.161. The molecule has 0 aliphatic carbocycles. The molecular weight excluding hydrogens is 273 g/mol. The monoisotopic (exact) mass is 288 g/mol. The van der Waals surface area contributed by atoms with Gasteiger partial charge in [0, 0.05) is 18.2 Å². The molecular formula is C13H15F3N2O2. The van der Waals surface area contributed by atoms with Crippen molar-refractivity contribution >= 4 is 11.8 Å². The van der Waals surface area contributed by atoms with Crippen molar-refractivity contribution < 1.29 is 18.1 Å². The molecule has 110 valence electrons. The molecule has 0 aliphatic rings. The number of halogens is 3. The van der Waals surface area contributed by atoms with Gasteiger partial charge < -0.3 is 5.32 Å². The smallest absolute Gasteiger partial charge is 0.379 e. The Balaban J connectivity index is 3.03. The molecule has 0 aromatic heterocycles. The second-order valence-electron chi connectivity index (χ2n) is 4.36. The predicted octanol–water partition coefficient (Wildman–Crippen LogP) is 3.89. The van der Waals surface area contributed by atoms with Crippen LogP contribution in [0.25, 0.3) is 6.08 Å². The lowest BCUT2D eigenvalue weighted by molar-refractivity contribution is -0.384. The summed E-state index contributed by atoms with van der Waals surface area (Å²) >= 11 is 0. The van der Waals surface area contributed by atoms with E-state index in [9.17, 15) is 23.3 Å². The normalized spacial score (nSPS) is 13.9. The van der Waals surface area contributed by atoms with Crippen LogP contribution in [0.15, 0.2) is 30.0 Å². The number of rotatable bonds is 5. The highest BCUT2D eigenvalue weighted by Crippen LogP contribution is 2.26. The summed E-state index contributed by atoms with van der Waals surface area (Å²) in [5, 5.41) is 12.9. The van der Waals surface area contributed by atoms with Crippen molar-refractivity contribution in [2.45, 2.75) is 32.5 Å². The van der Waals surface area contributed by atoms with Crippen molar-refractivity contribution in [3.63, 3.8) is 0 Å². The lowest BCUT2D eigenvalue weighted by Crippen LogP contribution is -2.32. The number of nitro benzene ring substituents is 1. The number of nitro groups is 1. The maximum absolute atomic E-state index is 12.9. The van der Waals surface area contributed by atoms with Gasteiger partial charge in [-0.05, 0) is 37.1 Å². The summed E-state index contributed by atoms with van der Waals surface area (Å²) in [7, 11) is 0. The Morgan fingerprint density at radius 3 is 2.35 bits per heavy atom. The van der Waals surface area contributed by atoms with Gasteiger partial charge in [-0.2, -0.15) is 13.2 Å². The molecule has 1 atom stereocenters. The Morgan fingerprint density at radius 2 is 1.95 bits per heavy atom. The second-order valence-corrected chi connectivity index (χ2v) is 4.36. The van der Waals surface area contributed by atoms with Gasteiger partial charge in [-0.3, -0.25) is 10.1 Å². The van der Waals surface area contributed by atoms with Gasteiger partial charge in [-0.1, -0.05) is 6.92 Å². The van der Waals surface area contributed by atoms with E-state index in [0.717, 1.165) is 6.08 Å². The lowest BCUT2D eigenvalue weighted by atomic mass is 10.1. The van der Waals surface area contributed by atoms with Gasteiger partial charge >= 0.3 is 6.18 Å². The zero-order chi connectivity index (χ0) is 15.3. The van der Waals surface area contributed by atoms with Crippen molar-refractivity contribution in [3.8, 4) is 0 Å². The summed E-state index contributed by atoms with van der Waals surface area (Å²) in [4.78, 5) is 9.87. The molecule has 0 radical (unpaired) electrons. The van der Waals surface area contributed by atoms with Gasteiger partial charge in [0.1, 0.15) is 5.70 Å². The van der Waals surface area contributed by atoms with E-state index in [1.807, 2.05) is 0 Å². The number of nitrogens with zero attached hydrogens (tertiary/aromatic N) is 1. The average molecular weight is 288 g/mol. The summed E-state index contributed by atoms with van der Waals surface area (Å²) in [5.41, 5.74) is -0.773. The Morgan fingerprint density at radius 1 is 1.40 bits per heavy atom. The van der Waals surface area contributed by atoms with Crippen LogP contribution in [0.5, 0.6) is 0 Å². The van der Waals surface area contributed by atoms with Crippen LogP contribution >= 0.6 is 0 Å². The Hall–Kier alpha value is -2.05. The molecule has 1 aromatic rings. The van der Waals surface area contributed by atoms with Gasteiger partial charge in [0.15, 0.2) is 0 Å². The molecule has 0 fully saturated rings. The van der Waals surface area contributed by atoms with Gasteiger partial charge in [0.2, 0.25) is 0 Å². The molecule has 0 heterocycles. The molecule has 0 amide bonds. The Kier molecular flexibility index (Phi) is 5.12. The summed E-state index contributed by atoms with van der Waals surface area (Å²) in [5.74, 6) is 0. The molecule has 0 spiro atoms. The Bertz CT molecular complexity index is 495. The molecule has 7 heteroatoms. The highest BCUT2D eigenvalue weighted by atomic mass is 19.4. The molecule has 0 saturated heterocycles. The summed E-state index contributed by atoms with van der Waals surface area (Å²) in [6, 6.07) is 4.58. The molecule has 1 N–H and O–H groups in total. The van der Waals surface area contributed by atoms with Crippen LogP contribution in [-0.2, 0) is 0 Å². The van der Waals surface area contributed by atoms with E-state index in [1.165, 1.54) is 24.3 Å². The van der Waals surface area contributed by atoms with Crippen LogP contribution in [0.3, 0.4) is 0 Å². The van der Waals surface area contributed by atoms with Crippen LogP contribution in [0, 0.1) is 10.1 Å². The third-order valence-electron chi connectivity index (χ3n) is 2.73. The molecule has 0 saturated carbocycles. The Labute approximate surface area is 114 Å². The van der Waals surface area contributed by atoms with Crippen molar-refractivity contribution in [2.75, 3.05) is 0 Å². The first-order valence-electron chi connectivity index (χ1n) is 6.04. The third-order valence-corrected chi connectivity index (χ3v) is 2.73. The number of hydrogen-bond acceptors (Lipinski definition) is 3. The number of hydrogen-bond donors (Lipinski definition) is 1. The van der Waals surface area contributed by atoms with Crippen LogP contribution in [0.4, 0.5) is 18.9 Å². The second kappa shape index (κ2) is 6.40. The van der Waals surface area contributed by atoms with Gasteiger partial charge in [0.25, 0.3) is 5.69 Å². The zero-order valence-corrected chi connectivity index (χ0v) is 11.1. The standard InChI is InChI=1S/C13H15F3N2O2/c1-3-9(2)17-12(13(14,15)16)8-10-4-6-11(7-5-10)18(19)20/h4-9,17H,3H2,1-2H3/b12-8+. The van der Waals surface area contributed by atoms with Crippen molar-refractivity contribution in [2.24, 2.45) is 0 Å². The number of allylic oxidation sites excluding steroid dienone is 1. The topological polar surface area (TPSA) is 55.2 Å². The van der Waals surface area contributed by atoms with Gasteiger partial charge in [-0.25, -0.2) is 0 Å². The van der Waals surface area contributed by atoms with E-state index >= 15 is 0 Å². The molecule has 1 rings (SSSR count). The third kappa shape index (κ3) is 4.56. The van der Waals surface area contributed by atoms with Crippen LogP contribution < -0.4 is 5.32 Å². The van der Waals surface area contributed by atoms with Crippen LogP contribution in [-0.4, -0.2) is 17.1 Å². The molecule has 4 nitrogen and oxygen atoms in total. The first-order valence-corrected chi connectivity index (χ1v) is 6.04. The predicted molar refractivity (Wildman–Crippen MR) is 70.0 cm³/mol. The van der Waals surface area contributed by atoms with Crippen molar-refractivity contribution in [3.05, 3.63) is 45.6 Å². The number of nitrogens with one attached hydrogen (secondary N) is 1. The average Bonchev–Trinajstić information content (AvgIpc) is 2.37. The van der Waals surface area contributed by atoms with E-state index in [-0.39, 0.29) is 17.3 Å². The van der Waals surface area contributed by atoms with E-state index < -0.39 is 16.8 Å². The SMILES string of the molecule is CCC(C)N/C(=C/c1ccc([N+](=O)[O-])cc1)C(F)(F)F. The number of alkyl halides is 3. The van der Waals surface area contributed by atoms with Crippen LogP contribution in [0.1, 0.15) is 25.8 Å². The molecule has 1 unspecified atom stereocenters. The van der Waals surface area contributed by atoms with Gasteiger partial charge in [-0.15, -0.1) is 0 Å². The number of non-ortho nitro benzene ring substituents is 1. The first kappa shape index (κ1) is 16.0. The fourth-order valence-electron chi connectivity index (χ4n) is 1.43. The maximum atomic E-state index is 12.9. The summed E-state index contributed by atoms with van der Waals surface area (Å²) in [6.45, 7) is 3.42. The van der Waals surface area contributed by atoms with Gasteiger partial charge in [0.05, 0.1) is 4.92 Å². The minimum atomic E-state index is -4.49. The fourth-order valence-corrected chi connectivity index (χ4v) is 1.43. The summed E-state index contributed by atoms with van der Waals surface area (Å²) < 4.78 is 38.6. The lowest BCUT2D eigenvalue weighted by Gasteiger charge is -2.18. The van der Waals surface area contributed by atoms with E-state index in [2.05, 4.69) is 5.32 Å². The van der Waals surface area contributed by atoms with E-state index in [4.69, 9.17) is 0 Å². The zero-order valence-electron chi connectivity index (χ0n) is 11.1. The summed E-state index contributed by atoms with van der Waals surface area (Å²) in [6.07, 6.45) is -3.01. The van der Waals surface area contributed by atoms with E-state index in [1.54, 1.807) is 13.8 Å².